The molecule has 1 fully saturated rings. The quantitative estimate of drug-likeness (QED) is 0.858. The van der Waals surface area contributed by atoms with Gasteiger partial charge in [-0.15, -0.1) is 17.0 Å². The third-order valence-corrected chi connectivity index (χ3v) is 3.43. The molecule has 1 atom stereocenters. The number of rotatable bonds is 1. The zero-order valence-electron chi connectivity index (χ0n) is 9.94. The van der Waals surface area contributed by atoms with E-state index in [1.807, 2.05) is 12.1 Å². The molecule has 0 aliphatic carbocycles. The number of hydrogen-bond acceptors (Lipinski definition) is 2. The zero-order chi connectivity index (χ0) is 10.9. The second-order valence-electron chi connectivity index (χ2n) is 4.95. The van der Waals surface area contributed by atoms with Crippen molar-refractivity contribution in [1.29, 1.82) is 0 Å². The van der Waals surface area contributed by atoms with E-state index in [-0.39, 0.29) is 22.4 Å². The summed E-state index contributed by atoms with van der Waals surface area (Å²) >= 11 is 0. The lowest BCUT2D eigenvalue weighted by atomic mass is 9.76. The Morgan fingerprint density at radius 1 is 1.38 bits per heavy atom. The maximum atomic E-state index is 9.51. The molecule has 2 rings (SSSR count). The van der Waals surface area contributed by atoms with E-state index < -0.39 is 0 Å². The van der Waals surface area contributed by atoms with E-state index in [1.165, 1.54) is 24.9 Å². The van der Waals surface area contributed by atoms with E-state index >= 15 is 0 Å². The van der Waals surface area contributed by atoms with Crippen LogP contribution >= 0.6 is 17.0 Å². The van der Waals surface area contributed by atoms with Crippen LogP contribution in [0, 0.1) is 0 Å². The normalized spacial score (nSPS) is 26.1. The first-order valence-corrected chi connectivity index (χ1v) is 5.58. The fourth-order valence-corrected chi connectivity index (χ4v) is 2.61. The summed E-state index contributed by atoms with van der Waals surface area (Å²) in [5.41, 5.74) is 1.46. The van der Waals surface area contributed by atoms with Crippen molar-refractivity contribution in [2.75, 3.05) is 20.1 Å². The van der Waals surface area contributed by atoms with Crippen molar-refractivity contribution in [3.63, 3.8) is 0 Å². The predicted octanol–water partition coefficient (Wildman–Crippen LogP) is 2.95. The summed E-state index contributed by atoms with van der Waals surface area (Å²) in [6.07, 6.45) is 2.45. The number of nitrogens with zero attached hydrogens (tertiary/aromatic N) is 1. The van der Waals surface area contributed by atoms with Crippen molar-refractivity contribution in [2.24, 2.45) is 0 Å². The number of phenolic OH excluding ortho intramolecular Hbond substituents is 1. The van der Waals surface area contributed by atoms with Crippen LogP contribution in [-0.2, 0) is 5.41 Å². The fourth-order valence-electron chi connectivity index (χ4n) is 2.61. The van der Waals surface area contributed by atoms with Crippen molar-refractivity contribution in [3.05, 3.63) is 29.8 Å². The number of likely N-dealkylation sites (tertiary alicyclic amines) is 1. The van der Waals surface area contributed by atoms with Crippen LogP contribution in [0.3, 0.4) is 0 Å². The molecular weight excluding hydrogens is 266 g/mol. The van der Waals surface area contributed by atoms with E-state index in [4.69, 9.17) is 0 Å². The first-order valence-electron chi connectivity index (χ1n) is 5.58. The molecule has 3 heteroatoms. The second-order valence-corrected chi connectivity index (χ2v) is 4.95. The van der Waals surface area contributed by atoms with Crippen molar-refractivity contribution in [2.45, 2.75) is 25.2 Å². The average Bonchev–Trinajstić information content (AvgIpc) is 2.17. The van der Waals surface area contributed by atoms with Crippen LogP contribution in [-0.4, -0.2) is 30.1 Å². The van der Waals surface area contributed by atoms with Gasteiger partial charge in [0, 0.05) is 12.0 Å². The minimum absolute atomic E-state index is 0. The molecule has 1 unspecified atom stereocenters. The lowest BCUT2D eigenvalue weighted by Crippen LogP contribution is -2.42. The van der Waals surface area contributed by atoms with Gasteiger partial charge >= 0.3 is 0 Å². The topological polar surface area (TPSA) is 23.5 Å². The number of phenols is 1. The highest BCUT2D eigenvalue weighted by molar-refractivity contribution is 8.93. The van der Waals surface area contributed by atoms with Crippen molar-refractivity contribution >= 4 is 17.0 Å². The van der Waals surface area contributed by atoms with E-state index in [2.05, 4.69) is 24.9 Å². The third-order valence-electron chi connectivity index (χ3n) is 3.43. The molecule has 0 amide bonds. The van der Waals surface area contributed by atoms with Crippen molar-refractivity contribution in [1.82, 2.24) is 4.90 Å². The molecule has 1 heterocycles. The predicted molar refractivity (Wildman–Crippen MR) is 72.5 cm³/mol. The molecule has 1 aromatic rings. The molecule has 90 valence electrons. The lowest BCUT2D eigenvalue weighted by Gasteiger charge is -2.39. The standard InChI is InChI=1S/C13H19NO.BrH/c1-13(7-4-8-14(2)10-13)11-5-3-6-12(15)9-11;/h3,5-6,9,15H,4,7-8,10H2,1-2H3;1H. The summed E-state index contributed by atoms with van der Waals surface area (Å²) in [6, 6.07) is 7.70. The molecule has 0 saturated carbocycles. The molecule has 0 aromatic heterocycles. The Balaban J connectivity index is 0.00000128. The number of aromatic hydroxyl groups is 1. The maximum absolute atomic E-state index is 9.51. The molecular formula is C13H20BrNO. The van der Waals surface area contributed by atoms with E-state index in [0.717, 1.165) is 6.54 Å². The highest BCUT2D eigenvalue weighted by atomic mass is 79.9. The van der Waals surface area contributed by atoms with Crippen LogP contribution in [0.1, 0.15) is 25.3 Å². The van der Waals surface area contributed by atoms with Gasteiger partial charge in [0.2, 0.25) is 0 Å². The Morgan fingerprint density at radius 2 is 2.12 bits per heavy atom. The van der Waals surface area contributed by atoms with Gasteiger partial charge in [0.25, 0.3) is 0 Å². The molecule has 1 aromatic carbocycles. The van der Waals surface area contributed by atoms with E-state index in [1.54, 1.807) is 6.07 Å². The monoisotopic (exact) mass is 285 g/mol. The molecule has 0 bridgehead atoms. The Hall–Kier alpha value is -0.540. The largest absolute Gasteiger partial charge is 0.508 e. The Kier molecular flexibility index (Phi) is 4.39. The van der Waals surface area contributed by atoms with Gasteiger partial charge < -0.3 is 10.0 Å². The van der Waals surface area contributed by atoms with Crippen LogP contribution in [0.15, 0.2) is 24.3 Å². The molecule has 1 N–H and O–H groups in total. The Bertz CT molecular complexity index is 356. The number of hydrogen-bond donors (Lipinski definition) is 1. The Morgan fingerprint density at radius 3 is 2.75 bits per heavy atom. The van der Waals surface area contributed by atoms with Crippen molar-refractivity contribution < 1.29 is 5.11 Å². The van der Waals surface area contributed by atoms with Gasteiger partial charge in [-0.25, -0.2) is 0 Å². The fraction of sp³-hybridized carbons (Fsp3) is 0.538. The summed E-state index contributed by atoms with van der Waals surface area (Å²) in [7, 11) is 2.17. The van der Waals surface area contributed by atoms with Gasteiger partial charge in [0.15, 0.2) is 0 Å². The summed E-state index contributed by atoms with van der Waals surface area (Å²) in [5.74, 6) is 0.377. The van der Waals surface area contributed by atoms with Crippen LogP contribution < -0.4 is 0 Å². The SMILES string of the molecule is Br.CN1CCCC(C)(c2cccc(O)c2)C1. The highest BCUT2D eigenvalue weighted by Crippen LogP contribution is 2.34. The van der Waals surface area contributed by atoms with Crippen LogP contribution in [0.4, 0.5) is 0 Å². The summed E-state index contributed by atoms with van der Waals surface area (Å²) < 4.78 is 0. The third kappa shape index (κ3) is 2.77. The van der Waals surface area contributed by atoms with Gasteiger partial charge in [-0.2, -0.15) is 0 Å². The maximum Gasteiger partial charge on any atom is 0.115 e. The molecule has 0 spiro atoms. The first kappa shape index (κ1) is 13.5. The minimum atomic E-state index is 0. The van der Waals surface area contributed by atoms with Gasteiger partial charge in [0.1, 0.15) is 5.75 Å². The smallest absolute Gasteiger partial charge is 0.115 e. The van der Waals surface area contributed by atoms with Crippen LogP contribution in [0.25, 0.3) is 0 Å². The zero-order valence-corrected chi connectivity index (χ0v) is 11.7. The first-order chi connectivity index (χ1) is 7.10. The summed E-state index contributed by atoms with van der Waals surface area (Å²) in [6.45, 7) is 4.56. The Labute approximate surface area is 108 Å². The van der Waals surface area contributed by atoms with Gasteiger partial charge in [-0.1, -0.05) is 19.1 Å². The van der Waals surface area contributed by atoms with Gasteiger partial charge in [-0.05, 0) is 44.1 Å². The number of piperidine rings is 1. The van der Waals surface area contributed by atoms with Gasteiger partial charge in [0.05, 0.1) is 0 Å². The number of benzene rings is 1. The van der Waals surface area contributed by atoms with E-state index in [0.29, 0.717) is 5.75 Å². The molecule has 16 heavy (non-hydrogen) atoms. The molecule has 2 nitrogen and oxygen atoms in total. The van der Waals surface area contributed by atoms with Gasteiger partial charge in [-0.3, -0.25) is 0 Å². The second kappa shape index (κ2) is 5.19. The molecule has 1 saturated heterocycles. The summed E-state index contributed by atoms with van der Waals surface area (Å²) in [5, 5.41) is 9.51. The minimum Gasteiger partial charge on any atom is -0.508 e. The van der Waals surface area contributed by atoms with E-state index in [9.17, 15) is 5.11 Å². The summed E-state index contributed by atoms with van der Waals surface area (Å²) in [4.78, 5) is 2.37. The van der Waals surface area contributed by atoms with Crippen molar-refractivity contribution in [3.8, 4) is 5.75 Å². The molecule has 1 aliphatic heterocycles. The van der Waals surface area contributed by atoms with Crippen LogP contribution in [0.2, 0.25) is 0 Å². The highest BCUT2D eigenvalue weighted by Gasteiger charge is 2.31. The van der Waals surface area contributed by atoms with Crippen LogP contribution in [0.5, 0.6) is 5.75 Å². The molecule has 0 radical (unpaired) electrons. The lowest BCUT2D eigenvalue weighted by molar-refractivity contribution is 0.188. The number of likely N-dealkylation sites (N-methyl/N-ethyl adjacent to an activating group) is 1. The average molecular weight is 286 g/mol. The number of halogens is 1. The molecule has 1 aliphatic rings.